The van der Waals surface area contributed by atoms with Crippen molar-refractivity contribution < 1.29 is 20.1 Å². The summed E-state index contributed by atoms with van der Waals surface area (Å²) in [4.78, 5) is 12.2. The molecule has 0 aromatic rings. The highest BCUT2D eigenvalue weighted by molar-refractivity contribution is 5.85. The van der Waals surface area contributed by atoms with Gasteiger partial charge in [-0.15, -0.1) is 12.4 Å². The van der Waals surface area contributed by atoms with Crippen molar-refractivity contribution in [3.05, 3.63) is 0 Å². The Kier molecular flexibility index (Phi) is 7.10. The number of aliphatic hydroxyl groups excluding tert-OH is 3. The lowest BCUT2D eigenvalue weighted by Gasteiger charge is -2.34. The summed E-state index contributed by atoms with van der Waals surface area (Å²) in [6, 6.07) is -1.58. The largest absolute Gasteiger partial charge is 0.395 e. The van der Waals surface area contributed by atoms with Gasteiger partial charge in [-0.1, -0.05) is 20.8 Å². The molecule has 1 amide bonds. The summed E-state index contributed by atoms with van der Waals surface area (Å²) in [6.07, 6.45) is -1.57. The first-order chi connectivity index (χ1) is 8.97. The molecule has 0 unspecified atom stereocenters. The van der Waals surface area contributed by atoms with Crippen LogP contribution in [0.25, 0.3) is 0 Å². The molecule has 7 heteroatoms. The fourth-order valence-corrected chi connectivity index (χ4v) is 3.04. The Hall–Kier alpha value is -0.400. The van der Waals surface area contributed by atoms with Crippen LogP contribution in [-0.4, -0.2) is 57.7 Å². The average molecular weight is 325 g/mol. The quantitative estimate of drug-likeness (QED) is 0.493. The van der Waals surface area contributed by atoms with E-state index in [0.29, 0.717) is 0 Å². The number of nitrogens with one attached hydrogen (secondary N) is 2. The van der Waals surface area contributed by atoms with Crippen LogP contribution in [0, 0.1) is 5.41 Å². The molecular weight excluding hydrogens is 296 g/mol. The number of carbonyl (C=O) groups excluding carboxylic acids is 1. The monoisotopic (exact) mass is 324 g/mol. The predicted octanol–water partition coefficient (Wildman–Crippen LogP) is -0.206. The molecule has 1 aliphatic heterocycles. The second-order valence-electron chi connectivity index (χ2n) is 7.53. The van der Waals surface area contributed by atoms with E-state index in [-0.39, 0.29) is 30.3 Å². The number of carbonyl (C=O) groups is 1. The van der Waals surface area contributed by atoms with Crippen LogP contribution in [0.3, 0.4) is 0 Å². The van der Waals surface area contributed by atoms with Gasteiger partial charge in [-0.3, -0.25) is 10.1 Å². The first-order valence-corrected chi connectivity index (χ1v) is 7.02. The van der Waals surface area contributed by atoms with Gasteiger partial charge >= 0.3 is 0 Å². The molecule has 0 aliphatic carbocycles. The average Bonchev–Trinajstić information content (AvgIpc) is 2.51. The van der Waals surface area contributed by atoms with Gasteiger partial charge in [0, 0.05) is 5.54 Å². The van der Waals surface area contributed by atoms with Crippen molar-refractivity contribution in [3.8, 4) is 0 Å². The molecule has 1 aliphatic rings. The molecule has 0 bridgehead atoms. The Morgan fingerprint density at radius 2 is 1.67 bits per heavy atom. The van der Waals surface area contributed by atoms with Gasteiger partial charge in [-0.25, -0.2) is 0 Å². The van der Waals surface area contributed by atoms with Crippen LogP contribution in [0.5, 0.6) is 0 Å². The van der Waals surface area contributed by atoms with Crippen LogP contribution in [-0.2, 0) is 4.79 Å². The minimum atomic E-state index is -1.21. The Morgan fingerprint density at radius 3 is 2.05 bits per heavy atom. The van der Waals surface area contributed by atoms with E-state index in [1.54, 1.807) is 0 Å². The van der Waals surface area contributed by atoms with Crippen LogP contribution in [0.15, 0.2) is 0 Å². The number of amides is 1. The van der Waals surface area contributed by atoms with Crippen molar-refractivity contribution in [2.45, 2.75) is 70.9 Å². The van der Waals surface area contributed by atoms with E-state index >= 15 is 0 Å². The van der Waals surface area contributed by atoms with Gasteiger partial charge in [0.25, 0.3) is 0 Å². The number of rotatable bonds is 4. The second kappa shape index (κ2) is 7.24. The predicted molar refractivity (Wildman–Crippen MR) is 83.4 cm³/mol. The molecule has 6 nitrogen and oxygen atoms in total. The van der Waals surface area contributed by atoms with E-state index in [9.17, 15) is 15.0 Å². The first-order valence-electron chi connectivity index (χ1n) is 7.02. The van der Waals surface area contributed by atoms with E-state index in [4.69, 9.17) is 5.11 Å². The summed E-state index contributed by atoms with van der Waals surface area (Å²) in [5, 5.41) is 34.3. The highest BCUT2D eigenvalue weighted by Gasteiger charge is 2.45. The first kappa shape index (κ1) is 20.6. The molecule has 1 saturated heterocycles. The van der Waals surface area contributed by atoms with E-state index in [2.05, 4.69) is 31.4 Å². The Bertz CT molecular complexity index is 357. The standard InChI is InChI=1S/C14H28N2O4.ClH/c1-13(2,3)7-14(4,5)16-12(20)9-11(19)10(18)8(6-17)15-9;/h8-11,15,17-19H,6-7H2,1-5H3,(H,16,20);1H/t8-,9-,10+,11-;/m1./s1. The zero-order chi connectivity index (χ0) is 15.7. The fourth-order valence-electron chi connectivity index (χ4n) is 3.04. The summed E-state index contributed by atoms with van der Waals surface area (Å²) < 4.78 is 0. The van der Waals surface area contributed by atoms with Crippen molar-refractivity contribution in [3.63, 3.8) is 0 Å². The van der Waals surface area contributed by atoms with Crippen molar-refractivity contribution >= 4 is 18.3 Å². The Morgan fingerprint density at radius 1 is 1.14 bits per heavy atom. The van der Waals surface area contributed by atoms with Gasteiger partial charge in [-0.2, -0.15) is 0 Å². The van der Waals surface area contributed by atoms with Crippen molar-refractivity contribution in [2.24, 2.45) is 5.41 Å². The molecule has 0 aromatic carbocycles. The normalized spacial score (nSPS) is 29.9. The summed E-state index contributed by atoms with van der Waals surface area (Å²) in [5.41, 5.74) is -0.357. The van der Waals surface area contributed by atoms with E-state index in [1.165, 1.54) is 0 Å². The van der Waals surface area contributed by atoms with Gasteiger partial charge in [0.1, 0.15) is 12.1 Å². The molecule has 1 rings (SSSR count). The minimum absolute atomic E-state index is 0. The fraction of sp³-hybridized carbons (Fsp3) is 0.929. The zero-order valence-electron chi connectivity index (χ0n) is 13.4. The lowest BCUT2D eigenvalue weighted by molar-refractivity contribution is -0.127. The lowest BCUT2D eigenvalue weighted by atomic mass is 9.81. The number of halogens is 1. The number of aliphatic hydroxyl groups is 3. The van der Waals surface area contributed by atoms with Gasteiger partial charge in [0.15, 0.2) is 0 Å². The van der Waals surface area contributed by atoms with Crippen LogP contribution < -0.4 is 10.6 Å². The lowest BCUT2D eigenvalue weighted by Crippen LogP contribution is -2.55. The number of hydrogen-bond acceptors (Lipinski definition) is 5. The molecule has 1 fully saturated rings. The number of hydrogen-bond donors (Lipinski definition) is 5. The smallest absolute Gasteiger partial charge is 0.240 e. The minimum Gasteiger partial charge on any atom is -0.395 e. The maximum atomic E-state index is 12.2. The highest BCUT2D eigenvalue weighted by Crippen LogP contribution is 2.27. The van der Waals surface area contributed by atoms with Crippen LogP contribution >= 0.6 is 12.4 Å². The highest BCUT2D eigenvalue weighted by atomic mass is 35.5. The molecule has 0 aromatic heterocycles. The molecule has 0 spiro atoms. The van der Waals surface area contributed by atoms with E-state index in [1.807, 2.05) is 13.8 Å². The van der Waals surface area contributed by atoms with Gasteiger partial charge in [-0.05, 0) is 25.7 Å². The Labute approximate surface area is 132 Å². The third kappa shape index (κ3) is 5.71. The summed E-state index contributed by atoms with van der Waals surface area (Å²) in [7, 11) is 0. The zero-order valence-corrected chi connectivity index (χ0v) is 14.2. The molecule has 126 valence electrons. The van der Waals surface area contributed by atoms with Crippen molar-refractivity contribution in [2.75, 3.05) is 6.61 Å². The summed E-state index contributed by atoms with van der Waals surface area (Å²) in [5.74, 6) is -0.359. The third-order valence-corrected chi connectivity index (χ3v) is 3.41. The van der Waals surface area contributed by atoms with Gasteiger partial charge < -0.3 is 20.6 Å². The van der Waals surface area contributed by atoms with Crippen LogP contribution in [0.2, 0.25) is 0 Å². The third-order valence-electron chi connectivity index (χ3n) is 3.41. The molecule has 4 atom stereocenters. The second-order valence-corrected chi connectivity index (χ2v) is 7.53. The topological polar surface area (TPSA) is 102 Å². The van der Waals surface area contributed by atoms with E-state index in [0.717, 1.165) is 6.42 Å². The molecule has 0 radical (unpaired) electrons. The molecule has 5 N–H and O–H groups in total. The van der Waals surface area contributed by atoms with Gasteiger partial charge in [0.05, 0.1) is 18.8 Å². The molecule has 21 heavy (non-hydrogen) atoms. The van der Waals surface area contributed by atoms with Crippen molar-refractivity contribution in [1.82, 2.24) is 10.6 Å². The molecule has 1 heterocycles. The SMILES string of the molecule is CC(C)(C)CC(C)(C)NC(=O)[C@@H]1N[C@H](CO)[C@H](O)[C@@H]1O.Cl. The Balaban J connectivity index is 0.00000400. The van der Waals surface area contributed by atoms with Crippen LogP contribution in [0.4, 0.5) is 0 Å². The summed E-state index contributed by atoms with van der Waals surface area (Å²) >= 11 is 0. The van der Waals surface area contributed by atoms with Gasteiger partial charge in [0.2, 0.25) is 5.91 Å². The summed E-state index contributed by atoms with van der Waals surface area (Å²) in [6.45, 7) is 9.81. The van der Waals surface area contributed by atoms with Crippen LogP contribution in [0.1, 0.15) is 41.0 Å². The maximum absolute atomic E-state index is 12.2. The maximum Gasteiger partial charge on any atom is 0.240 e. The van der Waals surface area contributed by atoms with Crippen molar-refractivity contribution in [1.29, 1.82) is 0 Å². The van der Waals surface area contributed by atoms with E-state index < -0.39 is 29.8 Å². The molecule has 0 saturated carbocycles. The molecular formula is C14H29ClN2O4.